The van der Waals surface area contributed by atoms with Crippen LogP contribution in [0.1, 0.15) is 57.4 Å². The fourth-order valence-corrected chi connectivity index (χ4v) is 3.67. The molecule has 180 valence electrons. The van der Waals surface area contributed by atoms with Crippen molar-refractivity contribution in [3.8, 4) is 0 Å². The van der Waals surface area contributed by atoms with Crippen molar-refractivity contribution in [2.75, 3.05) is 5.32 Å². The first-order valence-corrected chi connectivity index (χ1v) is 11.9. The Morgan fingerprint density at radius 1 is 0.743 bits per heavy atom. The minimum Gasteiger partial charge on any atom is -0.322 e. The van der Waals surface area contributed by atoms with E-state index in [0.29, 0.717) is 26.9 Å². The molecule has 0 atom stereocenters. The van der Waals surface area contributed by atoms with E-state index in [-0.39, 0.29) is 16.4 Å². The molecule has 0 aliphatic rings. The lowest BCUT2D eigenvalue weighted by Gasteiger charge is -2.19. The van der Waals surface area contributed by atoms with E-state index in [9.17, 15) is 14.4 Å². The van der Waals surface area contributed by atoms with Gasteiger partial charge in [-0.05, 0) is 87.7 Å². The number of hydrogen-bond acceptors (Lipinski definition) is 4. The zero-order chi connectivity index (χ0) is 25.6. The van der Waals surface area contributed by atoms with Crippen LogP contribution in [0, 0.1) is 0 Å². The molecule has 0 fully saturated rings. The molecule has 0 aliphatic heterocycles. The molecule has 9 heteroatoms. The number of thiocarbonyl (C=S) groups is 1. The molecule has 3 rings (SSSR count). The first-order valence-electron chi connectivity index (χ1n) is 10.7. The first-order chi connectivity index (χ1) is 16.5. The standard InChI is InChI=1S/C26H25BrN4O3S/c1-26(2,3)18-12-8-16(9-13-18)22(32)28-19-14-10-17(11-15-19)23(33)30-31-25(35)29-24(34)20-6-4-5-7-21(20)27/h4-15H,1-3H3,(H,28,32)(H,30,33)(H2,29,31,34,35). The summed E-state index contributed by atoms with van der Waals surface area (Å²) in [7, 11) is 0. The second kappa shape index (κ2) is 11.2. The van der Waals surface area contributed by atoms with E-state index in [2.05, 4.69) is 58.2 Å². The highest BCUT2D eigenvalue weighted by atomic mass is 79.9. The third-order valence-corrected chi connectivity index (χ3v) is 5.95. The summed E-state index contributed by atoms with van der Waals surface area (Å²) in [4.78, 5) is 37.2. The Bertz CT molecular complexity index is 1250. The van der Waals surface area contributed by atoms with E-state index in [4.69, 9.17) is 12.2 Å². The van der Waals surface area contributed by atoms with Gasteiger partial charge in [-0.1, -0.05) is 45.0 Å². The number of anilines is 1. The summed E-state index contributed by atoms with van der Waals surface area (Å²) < 4.78 is 0.624. The molecule has 0 heterocycles. The first kappa shape index (κ1) is 26.1. The quantitative estimate of drug-likeness (QED) is 0.271. The van der Waals surface area contributed by atoms with Crippen molar-refractivity contribution in [3.05, 3.63) is 99.5 Å². The molecule has 0 saturated heterocycles. The number of hydrazine groups is 1. The van der Waals surface area contributed by atoms with Crippen LogP contribution in [0.3, 0.4) is 0 Å². The number of halogens is 1. The maximum atomic E-state index is 12.5. The fraction of sp³-hybridized carbons (Fsp3) is 0.154. The van der Waals surface area contributed by atoms with E-state index in [1.807, 2.05) is 12.1 Å². The number of hydrogen-bond donors (Lipinski definition) is 4. The largest absolute Gasteiger partial charge is 0.322 e. The van der Waals surface area contributed by atoms with Crippen molar-refractivity contribution < 1.29 is 14.4 Å². The summed E-state index contributed by atoms with van der Waals surface area (Å²) in [5.74, 6) is -1.12. The molecular weight excluding hydrogens is 528 g/mol. The van der Waals surface area contributed by atoms with Gasteiger partial charge in [0.25, 0.3) is 17.7 Å². The summed E-state index contributed by atoms with van der Waals surface area (Å²) in [6, 6.07) is 20.8. The molecule has 0 aliphatic carbocycles. The van der Waals surface area contributed by atoms with Crippen LogP contribution < -0.4 is 21.5 Å². The van der Waals surface area contributed by atoms with Gasteiger partial charge in [-0.2, -0.15) is 0 Å². The van der Waals surface area contributed by atoms with Crippen LogP contribution >= 0.6 is 28.1 Å². The van der Waals surface area contributed by atoms with E-state index in [1.165, 1.54) is 0 Å². The Morgan fingerprint density at radius 2 is 1.31 bits per heavy atom. The number of carbonyl (C=O) groups excluding carboxylic acids is 3. The predicted molar refractivity (Wildman–Crippen MR) is 144 cm³/mol. The van der Waals surface area contributed by atoms with Crippen molar-refractivity contribution in [1.29, 1.82) is 0 Å². The molecule has 0 bridgehead atoms. The van der Waals surface area contributed by atoms with E-state index in [0.717, 1.165) is 5.56 Å². The summed E-state index contributed by atoms with van der Waals surface area (Å²) in [6.07, 6.45) is 0. The number of nitrogens with one attached hydrogen (secondary N) is 4. The summed E-state index contributed by atoms with van der Waals surface area (Å²) in [5, 5.41) is 5.25. The highest BCUT2D eigenvalue weighted by Gasteiger charge is 2.15. The monoisotopic (exact) mass is 552 g/mol. The topological polar surface area (TPSA) is 99.3 Å². The highest BCUT2D eigenvalue weighted by Crippen LogP contribution is 2.22. The zero-order valence-corrected chi connectivity index (χ0v) is 21.8. The predicted octanol–water partition coefficient (Wildman–Crippen LogP) is 4.95. The fourth-order valence-electron chi connectivity index (χ4n) is 3.06. The average molecular weight is 553 g/mol. The Morgan fingerprint density at radius 3 is 1.91 bits per heavy atom. The van der Waals surface area contributed by atoms with Crippen LogP contribution in [0.5, 0.6) is 0 Å². The van der Waals surface area contributed by atoms with Crippen molar-refractivity contribution in [2.24, 2.45) is 0 Å². The van der Waals surface area contributed by atoms with Crippen molar-refractivity contribution >= 4 is 56.7 Å². The van der Waals surface area contributed by atoms with Crippen LogP contribution in [0.15, 0.2) is 77.3 Å². The van der Waals surface area contributed by atoms with Crippen molar-refractivity contribution in [2.45, 2.75) is 26.2 Å². The Balaban J connectivity index is 1.51. The van der Waals surface area contributed by atoms with Crippen LogP contribution in [0.25, 0.3) is 0 Å². The van der Waals surface area contributed by atoms with Crippen molar-refractivity contribution in [1.82, 2.24) is 16.2 Å². The Kier molecular flexibility index (Phi) is 8.37. The lowest BCUT2D eigenvalue weighted by Crippen LogP contribution is -2.48. The van der Waals surface area contributed by atoms with Gasteiger partial charge < -0.3 is 5.32 Å². The maximum Gasteiger partial charge on any atom is 0.269 e. The molecule has 3 aromatic rings. The normalized spacial score (nSPS) is 10.7. The summed E-state index contributed by atoms with van der Waals surface area (Å²) >= 11 is 8.37. The third-order valence-electron chi connectivity index (χ3n) is 5.05. The van der Waals surface area contributed by atoms with Crippen LogP contribution in [0.4, 0.5) is 5.69 Å². The van der Waals surface area contributed by atoms with Crippen LogP contribution in [0.2, 0.25) is 0 Å². The second-order valence-electron chi connectivity index (χ2n) is 8.70. The molecule has 0 spiro atoms. The van der Waals surface area contributed by atoms with E-state index < -0.39 is 11.8 Å². The SMILES string of the molecule is CC(C)(C)c1ccc(C(=O)Nc2ccc(C(=O)NNC(=S)NC(=O)c3ccccc3Br)cc2)cc1. The zero-order valence-electron chi connectivity index (χ0n) is 19.4. The number of carbonyl (C=O) groups is 3. The number of benzene rings is 3. The molecule has 0 radical (unpaired) electrons. The van der Waals surface area contributed by atoms with Gasteiger partial charge in [-0.15, -0.1) is 0 Å². The summed E-state index contributed by atoms with van der Waals surface area (Å²) in [6.45, 7) is 6.34. The lowest BCUT2D eigenvalue weighted by atomic mass is 9.87. The molecule has 4 N–H and O–H groups in total. The smallest absolute Gasteiger partial charge is 0.269 e. The van der Waals surface area contributed by atoms with Gasteiger partial charge in [0.1, 0.15) is 0 Å². The Hall–Kier alpha value is -3.56. The van der Waals surface area contributed by atoms with Gasteiger partial charge >= 0.3 is 0 Å². The van der Waals surface area contributed by atoms with Crippen LogP contribution in [-0.4, -0.2) is 22.8 Å². The molecule has 0 unspecified atom stereocenters. The molecule has 35 heavy (non-hydrogen) atoms. The lowest BCUT2D eigenvalue weighted by molar-refractivity contribution is 0.0934. The van der Waals surface area contributed by atoms with Gasteiger partial charge in [-0.3, -0.25) is 30.6 Å². The minimum atomic E-state index is -0.460. The van der Waals surface area contributed by atoms with Crippen LogP contribution in [-0.2, 0) is 5.41 Å². The summed E-state index contributed by atoms with van der Waals surface area (Å²) in [5.41, 5.74) is 7.92. The molecule has 0 aromatic heterocycles. The molecule has 7 nitrogen and oxygen atoms in total. The minimum absolute atomic E-state index is 0.00857. The molecule has 3 aromatic carbocycles. The third kappa shape index (κ3) is 7.21. The maximum absolute atomic E-state index is 12.5. The van der Waals surface area contributed by atoms with E-state index >= 15 is 0 Å². The van der Waals surface area contributed by atoms with Gasteiger partial charge in [0.15, 0.2) is 5.11 Å². The molecule has 3 amide bonds. The molecule has 0 saturated carbocycles. The highest BCUT2D eigenvalue weighted by molar-refractivity contribution is 9.10. The van der Waals surface area contributed by atoms with Gasteiger partial charge in [0.05, 0.1) is 5.56 Å². The van der Waals surface area contributed by atoms with E-state index in [1.54, 1.807) is 60.7 Å². The van der Waals surface area contributed by atoms with Crippen molar-refractivity contribution in [3.63, 3.8) is 0 Å². The number of amides is 3. The second-order valence-corrected chi connectivity index (χ2v) is 9.96. The van der Waals surface area contributed by atoms with Gasteiger partial charge in [0.2, 0.25) is 0 Å². The Labute approximate surface area is 217 Å². The van der Waals surface area contributed by atoms with Gasteiger partial charge in [0, 0.05) is 21.3 Å². The van der Waals surface area contributed by atoms with Gasteiger partial charge in [-0.25, -0.2) is 0 Å². The molecular formula is C26H25BrN4O3S. The average Bonchev–Trinajstić information content (AvgIpc) is 2.82. The number of rotatable bonds is 4.